The largest absolute Gasteiger partial charge is 0.363 e. The lowest BCUT2D eigenvalue weighted by Crippen LogP contribution is -2.29. The molecule has 0 bridgehead atoms. The number of aromatic nitrogens is 1. The fourth-order valence-corrected chi connectivity index (χ4v) is 2.51. The highest BCUT2D eigenvalue weighted by molar-refractivity contribution is 7.12. The number of amides is 2. The molecule has 122 valence electrons. The minimum Gasteiger partial charge on any atom is -0.363 e. The molecule has 2 rings (SSSR count). The summed E-state index contributed by atoms with van der Waals surface area (Å²) in [4.78, 5) is 30.4. The Labute approximate surface area is 139 Å². The van der Waals surface area contributed by atoms with Gasteiger partial charge in [0.1, 0.15) is 5.82 Å². The molecule has 0 unspecified atom stereocenters. The molecule has 0 fully saturated rings. The minimum absolute atomic E-state index is 0.0743. The second-order valence-corrected chi connectivity index (χ2v) is 6.09. The molecule has 2 aromatic heterocycles. The van der Waals surface area contributed by atoms with Crippen LogP contribution in [0.2, 0.25) is 0 Å². The van der Waals surface area contributed by atoms with Crippen LogP contribution >= 0.6 is 11.3 Å². The molecule has 23 heavy (non-hydrogen) atoms. The van der Waals surface area contributed by atoms with E-state index in [-0.39, 0.29) is 11.8 Å². The van der Waals surface area contributed by atoms with Gasteiger partial charge in [-0.05, 0) is 30.0 Å². The molecule has 0 aliphatic heterocycles. The van der Waals surface area contributed by atoms with Crippen LogP contribution in [0.4, 0.5) is 5.82 Å². The molecule has 0 atom stereocenters. The highest BCUT2D eigenvalue weighted by Crippen LogP contribution is 2.08. The fourth-order valence-electron chi connectivity index (χ4n) is 1.87. The predicted molar refractivity (Wildman–Crippen MR) is 92.2 cm³/mol. The topological polar surface area (TPSA) is 74.3 Å². The molecule has 0 aliphatic carbocycles. The Morgan fingerprint density at radius 1 is 1.13 bits per heavy atom. The Morgan fingerprint density at radius 3 is 2.43 bits per heavy atom. The van der Waals surface area contributed by atoms with Crippen molar-refractivity contribution in [2.45, 2.75) is 6.42 Å². The molecule has 2 heterocycles. The number of nitrogens with one attached hydrogen (secondary N) is 2. The molecular weight excluding hydrogens is 312 g/mol. The fraction of sp³-hybridized carbons (Fsp3) is 0.312. The summed E-state index contributed by atoms with van der Waals surface area (Å²) in [5.41, 5.74) is 0.526. The van der Waals surface area contributed by atoms with Crippen molar-refractivity contribution in [2.24, 2.45) is 0 Å². The molecule has 0 spiro atoms. The van der Waals surface area contributed by atoms with Crippen LogP contribution in [0.1, 0.15) is 26.5 Å². The first-order valence-corrected chi connectivity index (χ1v) is 8.19. The summed E-state index contributed by atoms with van der Waals surface area (Å²) >= 11 is 1.41. The second kappa shape index (κ2) is 8.28. The molecule has 7 heteroatoms. The summed E-state index contributed by atoms with van der Waals surface area (Å²) in [6.45, 7) is 1.02. The van der Waals surface area contributed by atoms with Crippen molar-refractivity contribution >= 4 is 29.0 Å². The number of hydrogen-bond acceptors (Lipinski definition) is 5. The molecule has 0 aromatic carbocycles. The van der Waals surface area contributed by atoms with E-state index in [0.29, 0.717) is 30.0 Å². The first-order chi connectivity index (χ1) is 11.1. The number of rotatable bonds is 7. The maximum atomic E-state index is 12.0. The number of carbonyl (C=O) groups is 2. The summed E-state index contributed by atoms with van der Waals surface area (Å²) in [6, 6.07) is 7.17. The van der Waals surface area contributed by atoms with E-state index in [4.69, 9.17) is 0 Å². The molecule has 0 saturated heterocycles. The van der Waals surface area contributed by atoms with Crippen molar-refractivity contribution in [3.63, 3.8) is 0 Å². The first kappa shape index (κ1) is 17.0. The Bertz CT molecular complexity index is 639. The van der Waals surface area contributed by atoms with Crippen molar-refractivity contribution in [3.05, 3.63) is 46.3 Å². The van der Waals surface area contributed by atoms with Gasteiger partial charge in [0.2, 0.25) is 0 Å². The van der Waals surface area contributed by atoms with Gasteiger partial charge >= 0.3 is 0 Å². The van der Waals surface area contributed by atoms with Crippen molar-refractivity contribution in [2.75, 3.05) is 32.1 Å². The number of nitrogens with zero attached hydrogens (tertiary/aromatic N) is 2. The van der Waals surface area contributed by atoms with Gasteiger partial charge in [-0.15, -0.1) is 11.3 Å². The van der Waals surface area contributed by atoms with Crippen molar-refractivity contribution < 1.29 is 9.59 Å². The molecule has 0 aliphatic rings. The van der Waals surface area contributed by atoms with Crippen LogP contribution in [0.25, 0.3) is 0 Å². The van der Waals surface area contributed by atoms with Gasteiger partial charge in [-0.3, -0.25) is 9.59 Å². The standard InChI is InChI=1S/C16H20N4O2S/c1-20(2)14-7-6-12(11-19-14)15(21)17-8-4-9-18-16(22)13-5-3-10-23-13/h3,5-7,10-11H,4,8-9H2,1-2H3,(H,17,21)(H,18,22). The molecular formula is C16H20N4O2S. The quantitative estimate of drug-likeness (QED) is 0.758. The van der Waals surface area contributed by atoms with Crippen LogP contribution in [0.5, 0.6) is 0 Å². The van der Waals surface area contributed by atoms with E-state index in [0.717, 1.165) is 5.82 Å². The number of anilines is 1. The molecule has 2 N–H and O–H groups in total. The van der Waals surface area contributed by atoms with Gasteiger partial charge in [0.25, 0.3) is 11.8 Å². The van der Waals surface area contributed by atoms with Gasteiger partial charge in [-0.25, -0.2) is 4.98 Å². The zero-order valence-corrected chi connectivity index (χ0v) is 14.0. The molecule has 2 aromatic rings. The predicted octanol–water partition coefficient (Wildman–Crippen LogP) is 1.76. The monoisotopic (exact) mass is 332 g/mol. The van der Waals surface area contributed by atoms with E-state index >= 15 is 0 Å². The zero-order valence-electron chi connectivity index (χ0n) is 13.2. The number of pyridine rings is 1. The molecule has 2 amide bonds. The van der Waals surface area contributed by atoms with Crippen LogP contribution in [0.15, 0.2) is 35.8 Å². The zero-order chi connectivity index (χ0) is 16.7. The Balaban J connectivity index is 1.67. The van der Waals surface area contributed by atoms with Crippen LogP contribution in [-0.2, 0) is 0 Å². The minimum atomic E-state index is -0.160. The highest BCUT2D eigenvalue weighted by atomic mass is 32.1. The van der Waals surface area contributed by atoms with Crippen molar-refractivity contribution in [1.29, 1.82) is 0 Å². The summed E-state index contributed by atoms with van der Waals surface area (Å²) in [6.07, 6.45) is 2.23. The van der Waals surface area contributed by atoms with Crippen molar-refractivity contribution in [1.82, 2.24) is 15.6 Å². The van der Waals surface area contributed by atoms with E-state index in [1.807, 2.05) is 30.4 Å². The Morgan fingerprint density at radius 2 is 1.87 bits per heavy atom. The van der Waals surface area contributed by atoms with Gasteiger partial charge in [0.05, 0.1) is 10.4 Å². The van der Waals surface area contributed by atoms with E-state index < -0.39 is 0 Å². The van der Waals surface area contributed by atoms with Gasteiger partial charge in [0.15, 0.2) is 0 Å². The van der Waals surface area contributed by atoms with Crippen LogP contribution in [0.3, 0.4) is 0 Å². The lowest BCUT2D eigenvalue weighted by molar-refractivity contribution is 0.0952. The van der Waals surface area contributed by atoms with E-state index in [1.54, 1.807) is 24.4 Å². The number of hydrogen-bond donors (Lipinski definition) is 2. The first-order valence-electron chi connectivity index (χ1n) is 7.31. The van der Waals surface area contributed by atoms with Crippen LogP contribution in [-0.4, -0.2) is 44.0 Å². The normalized spacial score (nSPS) is 10.2. The summed E-state index contributed by atoms with van der Waals surface area (Å²) < 4.78 is 0. The lowest BCUT2D eigenvalue weighted by Gasteiger charge is -2.11. The molecule has 0 saturated carbocycles. The van der Waals surface area contributed by atoms with Crippen LogP contribution < -0.4 is 15.5 Å². The van der Waals surface area contributed by atoms with E-state index in [2.05, 4.69) is 15.6 Å². The highest BCUT2D eigenvalue weighted by Gasteiger charge is 2.07. The smallest absolute Gasteiger partial charge is 0.261 e. The van der Waals surface area contributed by atoms with Gasteiger partial charge in [-0.2, -0.15) is 0 Å². The second-order valence-electron chi connectivity index (χ2n) is 5.14. The third-order valence-corrected chi connectivity index (χ3v) is 4.01. The summed E-state index contributed by atoms with van der Waals surface area (Å²) in [5, 5.41) is 7.50. The summed E-state index contributed by atoms with van der Waals surface area (Å²) in [5.74, 6) is 0.569. The maximum Gasteiger partial charge on any atom is 0.261 e. The molecule has 0 radical (unpaired) electrons. The number of thiophene rings is 1. The third-order valence-electron chi connectivity index (χ3n) is 3.14. The Kier molecular flexibility index (Phi) is 6.10. The van der Waals surface area contributed by atoms with E-state index in [1.165, 1.54) is 11.3 Å². The summed E-state index contributed by atoms with van der Waals surface area (Å²) in [7, 11) is 3.79. The number of carbonyl (C=O) groups excluding carboxylic acids is 2. The molecule has 6 nitrogen and oxygen atoms in total. The van der Waals surface area contributed by atoms with Gasteiger partial charge < -0.3 is 15.5 Å². The average molecular weight is 332 g/mol. The lowest BCUT2D eigenvalue weighted by atomic mass is 10.2. The van der Waals surface area contributed by atoms with Gasteiger partial charge in [0, 0.05) is 33.4 Å². The third kappa shape index (κ3) is 5.07. The van der Waals surface area contributed by atoms with E-state index in [9.17, 15) is 9.59 Å². The van der Waals surface area contributed by atoms with Crippen molar-refractivity contribution in [3.8, 4) is 0 Å². The van der Waals surface area contributed by atoms with Crippen LogP contribution in [0, 0.1) is 0 Å². The SMILES string of the molecule is CN(C)c1ccc(C(=O)NCCCNC(=O)c2cccs2)cn1. The average Bonchev–Trinajstić information content (AvgIpc) is 3.08. The Hall–Kier alpha value is -2.41. The maximum absolute atomic E-state index is 12.0. The van der Waals surface area contributed by atoms with Gasteiger partial charge in [-0.1, -0.05) is 6.07 Å².